The second kappa shape index (κ2) is 7.15. The zero-order chi connectivity index (χ0) is 18.0. The summed E-state index contributed by atoms with van der Waals surface area (Å²) in [5.74, 6) is 0.192. The summed E-state index contributed by atoms with van der Waals surface area (Å²) in [5.41, 5.74) is 2.66. The first-order valence-electron chi connectivity index (χ1n) is 8.03. The summed E-state index contributed by atoms with van der Waals surface area (Å²) in [7, 11) is 0. The van der Waals surface area contributed by atoms with Gasteiger partial charge >= 0.3 is 0 Å². The van der Waals surface area contributed by atoms with E-state index >= 15 is 0 Å². The lowest BCUT2D eigenvalue weighted by atomic mass is 10.1. The van der Waals surface area contributed by atoms with Crippen molar-refractivity contribution in [3.8, 4) is 5.75 Å². The van der Waals surface area contributed by atoms with Crippen molar-refractivity contribution in [3.05, 3.63) is 58.6 Å². The molecule has 0 saturated heterocycles. The number of hydrogen-bond donors (Lipinski definition) is 1. The molecule has 0 fully saturated rings. The molecule has 1 aliphatic rings. The predicted molar refractivity (Wildman–Crippen MR) is 97.0 cm³/mol. The molecule has 25 heavy (non-hydrogen) atoms. The minimum Gasteiger partial charge on any atom is -0.490 e. The van der Waals surface area contributed by atoms with Crippen LogP contribution in [0.3, 0.4) is 0 Å². The SMILES string of the molecule is CC(=O)N[C@H]1C(=O)N(CCOc2ccccc2Cl)c2ccc(C)cc21. The summed E-state index contributed by atoms with van der Waals surface area (Å²) in [5, 5.41) is 3.26. The number of benzene rings is 2. The van der Waals surface area contributed by atoms with Crippen LogP contribution in [0, 0.1) is 6.92 Å². The van der Waals surface area contributed by atoms with Gasteiger partial charge in [-0.2, -0.15) is 0 Å². The number of aryl methyl sites for hydroxylation is 1. The van der Waals surface area contributed by atoms with Crippen LogP contribution in [0.2, 0.25) is 5.02 Å². The third kappa shape index (κ3) is 3.61. The molecule has 0 saturated carbocycles. The van der Waals surface area contributed by atoms with Crippen molar-refractivity contribution in [3.63, 3.8) is 0 Å². The van der Waals surface area contributed by atoms with Crippen LogP contribution in [-0.2, 0) is 9.59 Å². The highest BCUT2D eigenvalue weighted by atomic mass is 35.5. The van der Waals surface area contributed by atoms with E-state index in [9.17, 15) is 9.59 Å². The summed E-state index contributed by atoms with van der Waals surface area (Å²) in [6.45, 7) is 4.04. The Hall–Kier alpha value is -2.53. The largest absolute Gasteiger partial charge is 0.490 e. The van der Waals surface area contributed by atoms with Gasteiger partial charge in [-0.05, 0) is 25.1 Å². The molecule has 2 aromatic rings. The van der Waals surface area contributed by atoms with Gasteiger partial charge < -0.3 is 15.0 Å². The van der Waals surface area contributed by atoms with Crippen molar-refractivity contribution in [2.75, 3.05) is 18.1 Å². The maximum atomic E-state index is 12.7. The van der Waals surface area contributed by atoms with Crippen LogP contribution in [0.15, 0.2) is 42.5 Å². The normalized spacial score (nSPS) is 15.9. The average Bonchev–Trinajstić information content (AvgIpc) is 2.81. The van der Waals surface area contributed by atoms with E-state index in [1.807, 2.05) is 37.3 Å². The third-order valence-corrected chi connectivity index (χ3v) is 4.37. The molecule has 1 N–H and O–H groups in total. The molecule has 3 rings (SSSR count). The predicted octanol–water partition coefficient (Wildman–Crippen LogP) is 3.25. The standard InChI is InChI=1S/C19H19ClN2O3/c1-12-7-8-16-14(11-12)18(21-13(2)23)19(24)22(16)9-10-25-17-6-4-3-5-15(17)20/h3-8,11,18H,9-10H2,1-2H3,(H,21,23)/t18-/m1/s1. The number of carbonyl (C=O) groups excluding carboxylic acids is 2. The molecule has 130 valence electrons. The highest BCUT2D eigenvalue weighted by Gasteiger charge is 2.37. The highest BCUT2D eigenvalue weighted by molar-refractivity contribution is 6.32. The Morgan fingerprint density at radius 3 is 2.76 bits per heavy atom. The monoisotopic (exact) mass is 358 g/mol. The smallest absolute Gasteiger partial charge is 0.254 e. The van der Waals surface area contributed by atoms with Gasteiger partial charge in [0.1, 0.15) is 18.4 Å². The minimum absolute atomic E-state index is 0.154. The zero-order valence-electron chi connectivity index (χ0n) is 14.1. The first-order valence-corrected chi connectivity index (χ1v) is 8.41. The zero-order valence-corrected chi connectivity index (χ0v) is 14.8. The average molecular weight is 359 g/mol. The summed E-state index contributed by atoms with van der Waals surface area (Å²) in [6, 6.07) is 12.3. The number of para-hydroxylation sites is 1. The number of rotatable bonds is 5. The second-order valence-electron chi connectivity index (χ2n) is 5.96. The fourth-order valence-electron chi connectivity index (χ4n) is 2.94. The first-order chi connectivity index (χ1) is 12.0. The summed E-state index contributed by atoms with van der Waals surface area (Å²) in [4.78, 5) is 25.9. The van der Waals surface area contributed by atoms with Gasteiger partial charge in [0.2, 0.25) is 5.91 Å². The van der Waals surface area contributed by atoms with Gasteiger partial charge in [0.25, 0.3) is 5.91 Å². The molecule has 0 unspecified atom stereocenters. The lowest BCUT2D eigenvalue weighted by molar-refractivity contribution is -0.126. The van der Waals surface area contributed by atoms with E-state index in [-0.39, 0.29) is 11.8 Å². The third-order valence-electron chi connectivity index (χ3n) is 4.05. The molecule has 2 amide bonds. The van der Waals surface area contributed by atoms with Crippen molar-refractivity contribution < 1.29 is 14.3 Å². The van der Waals surface area contributed by atoms with Gasteiger partial charge in [0.05, 0.1) is 11.6 Å². The van der Waals surface area contributed by atoms with Crippen molar-refractivity contribution in [1.29, 1.82) is 0 Å². The Labute approximate surface area is 151 Å². The Bertz CT molecular complexity index is 822. The Balaban J connectivity index is 1.76. The van der Waals surface area contributed by atoms with Gasteiger partial charge in [-0.1, -0.05) is 41.4 Å². The number of hydrogen-bond acceptors (Lipinski definition) is 3. The van der Waals surface area contributed by atoms with E-state index < -0.39 is 6.04 Å². The maximum absolute atomic E-state index is 12.7. The van der Waals surface area contributed by atoms with Gasteiger partial charge in [0.15, 0.2) is 0 Å². The minimum atomic E-state index is -0.646. The summed E-state index contributed by atoms with van der Waals surface area (Å²) in [6.07, 6.45) is 0. The molecule has 6 heteroatoms. The maximum Gasteiger partial charge on any atom is 0.254 e. The molecular weight excluding hydrogens is 340 g/mol. The molecule has 1 aliphatic heterocycles. The van der Waals surface area contributed by atoms with E-state index in [0.29, 0.717) is 23.9 Å². The molecule has 2 aromatic carbocycles. The van der Waals surface area contributed by atoms with Crippen LogP contribution in [0.5, 0.6) is 5.75 Å². The lowest BCUT2D eigenvalue weighted by Gasteiger charge is -2.18. The van der Waals surface area contributed by atoms with Crippen molar-refractivity contribution in [2.45, 2.75) is 19.9 Å². The number of fused-ring (bicyclic) bond motifs is 1. The summed E-state index contributed by atoms with van der Waals surface area (Å²) >= 11 is 6.07. The van der Waals surface area contributed by atoms with Gasteiger partial charge in [-0.3, -0.25) is 9.59 Å². The molecule has 1 atom stereocenters. The number of ether oxygens (including phenoxy) is 1. The molecule has 0 bridgehead atoms. The molecule has 5 nitrogen and oxygen atoms in total. The van der Waals surface area contributed by atoms with Gasteiger partial charge in [-0.15, -0.1) is 0 Å². The van der Waals surface area contributed by atoms with Gasteiger partial charge in [-0.25, -0.2) is 0 Å². The van der Waals surface area contributed by atoms with E-state index in [1.165, 1.54) is 6.92 Å². The van der Waals surface area contributed by atoms with E-state index in [4.69, 9.17) is 16.3 Å². The molecule has 0 aromatic heterocycles. The fraction of sp³-hybridized carbons (Fsp3) is 0.263. The number of anilines is 1. The molecule has 0 radical (unpaired) electrons. The number of carbonyl (C=O) groups is 2. The van der Waals surface area contributed by atoms with Crippen LogP contribution in [-0.4, -0.2) is 25.0 Å². The summed E-state index contributed by atoms with van der Waals surface area (Å²) < 4.78 is 5.69. The van der Waals surface area contributed by atoms with E-state index in [2.05, 4.69) is 5.32 Å². The van der Waals surface area contributed by atoms with Crippen molar-refractivity contribution in [2.24, 2.45) is 0 Å². The Morgan fingerprint density at radius 1 is 1.28 bits per heavy atom. The number of nitrogens with zero attached hydrogens (tertiary/aromatic N) is 1. The van der Waals surface area contributed by atoms with Crippen LogP contribution in [0.25, 0.3) is 0 Å². The number of nitrogens with one attached hydrogen (secondary N) is 1. The Kier molecular flexibility index (Phi) is 4.95. The Morgan fingerprint density at radius 2 is 2.04 bits per heavy atom. The molecular formula is C19H19ClN2O3. The second-order valence-corrected chi connectivity index (χ2v) is 6.37. The topological polar surface area (TPSA) is 58.6 Å². The van der Waals surface area contributed by atoms with Crippen molar-refractivity contribution >= 4 is 29.1 Å². The van der Waals surface area contributed by atoms with Crippen LogP contribution in [0.1, 0.15) is 24.1 Å². The number of amides is 2. The van der Waals surface area contributed by atoms with E-state index in [1.54, 1.807) is 17.0 Å². The molecule has 1 heterocycles. The molecule has 0 spiro atoms. The molecule has 0 aliphatic carbocycles. The van der Waals surface area contributed by atoms with Crippen molar-refractivity contribution in [1.82, 2.24) is 5.32 Å². The van der Waals surface area contributed by atoms with Crippen LogP contribution >= 0.6 is 11.6 Å². The number of halogens is 1. The quantitative estimate of drug-likeness (QED) is 0.892. The van der Waals surface area contributed by atoms with Gasteiger partial charge in [0, 0.05) is 18.2 Å². The highest BCUT2D eigenvalue weighted by Crippen LogP contribution is 2.36. The van der Waals surface area contributed by atoms with Crippen LogP contribution < -0.4 is 15.0 Å². The first kappa shape index (κ1) is 17.3. The fourth-order valence-corrected chi connectivity index (χ4v) is 3.13. The van der Waals surface area contributed by atoms with Crippen LogP contribution in [0.4, 0.5) is 5.69 Å². The van der Waals surface area contributed by atoms with E-state index in [0.717, 1.165) is 16.8 Å². The lowest BCUT2D eigenvalue weighted by Crippen LogP contribution is -2.38.